The van der Waals surface area contributed by atoms with Crippen LogP contribution in [-0.4, -0.2) is 5.78 Å². The first-order valence-corrected chi connectivity index (χ1v) is 5.96. The molecule has 0 unspecified atom stereocenters. The van der Waals surface area contributed by atoms with Crippen LogP contribution < -0.4 is 0 Å². The first kappa shape index (κ1) is 13.2. The highest BCUT2D eigenvalue weighted by Crippen LogP contribution is 2.23. The molecule has 0 N–H and O–H groups in total. The van der Waals surface area contributed by atoms with Crippen LogP contribution in [0.2, 0.25) is 5.02 Å². The van der Waals surface area contributed by atoms with Gasteiger partial charge < -0.3 is 0 Å². The van der Waals surface area contributed by atoms with E-state index in [1.54, 1.807) is 6.07 Å². The Labute approximate surface area is 103 Å². The first-order chi connectivity index (χ1) is 7.28. The molecular formula is C14H19ClO. The summed E-state index contributed by atoms with van der Waals surface area (Å²) >= 11 is 5.93. The number of aryl methyl sites for hydroxylation is 1. The Balaban J connectivity index is 2.73. The third kappa shape index (κ3) is 4.36. The van der Waals surface area contributed by atoms with Crippen LogP contribution in [0.5, 0.6) is 0 Å². The zero-order chi connectivity index (χ0) is 12.3. The molecular weight excluding hydrogens is 220 g/mol. The van der Waals surface area contributed by atoms with Crippen LogP contribution in [0.1, 0.15) is 49.5 Å². The van der Waals surface area contributed by atoms with Gasteiger partial charge in [0, 0.05) is 17.0 Å². The van der Waals surface area contributed by atoms with E-state index >= 15 is 0 Å². The maximum Gasteiger partial charge on any atom is 0.162 e. The second-order valence-corrected chi connectivity index (χ2v) is 5.94. The van der Waals surface area contributed by atoms with Crippen molar-refractivity contribution in [2.24, 2.45) is 5.41 Å². The molecule has 0 aliphatic carbocycles. The number of halogens is 1. The van der Waals surface area contributed by atoms with E-state index in [2.05, 4.69) is 20.8 Å². The molecule has 2 heteroatoms. The summed E-state index contributed by atoms with van der Waals surface area (Å²) in [5, 5.41) is 0.638. The molecule has 1 aromatic rings. The van der Waals surface area contributed by atoms with Crippen LogP contribution >= 0.6 is 11.6 Å². The first-order valence-electron chi connectivity index (χ1n) is 5.58. The van der Waals surface area contributed by atoms with Crippen molar-refractivity contribution in [3.05, 3.63) is 34.3 Å². The van der Waals surface area contributed by atoms with Gasteiger partial charge in [-0.05, 0) is 42.5 Å². The van der Waals surface area contributed by atoms with Crippen LogP contribution in [0, 0.1) is 12.3 Å². The van der Waals surface area contributed by atoms with Crippen molar-refractivity contribution < 1.29 is 4.79 Å². The molecule has 16 heavy (non-hydrogen) atoms. The fourth-order valence-electron chi connectivity index (χ4n) is 1.53. The van der Waals surface area contributed by atoms with Crippen LogP contribution in [0.4, 0.5) is 0 Å². The number of hydrogen-bond donors (Lipinski definition) is 0. The Hall–Kier alpha value is -0.820. The Kier molecular flexibility index (Phi) is 4.15. The van der Waals surface area contributed by atoms with Gasteiger partial charge in [0.2, 0.25) is 0 Å². The van der Waals surface area contributed by atoms with E-state index in [1.165, 1.54) is 0 Å². The van der Waals surface area contributed by atoms with Gasteiger partial charge in [-0.25, -0.2) is 0 Å². The van der Waals surface area contributed by atoms with E-state index < -0.39 is 0 Å². The number of hydrogen-bond acceptors (Lipinski definition) is 1. The van der Waals surface area contributed by atoms with Gasteiger partial charge in [0.25, 0.3) is 0 Å². The molecule has 0 heterocycles. The van der Waals surface area contributed by atoms with Crippen LogP contribution in [-0.2, 0) is 0 Å². The molecule has 0 fully saturated rings. The predicted molar refractivity (Wildman–Crippen MR) is 69.2 cm³/mol. The SMILES string of the molecule is Cc1cc(Cl)cc(C(=O)CCC(C)(C)C)c1. The minimum Gasteiger partial charge on any atom is -0.294 e. The van der Waals surface area contributed by atoms with E-state index in [9.17, 15) is 4.79 Å². The van der Waals surface area contributed by atoms with Gasteiger partial charge >= 0.3 is 0 Å². The molecule has 1 aromatic carbocycles. The number of benzene rings is 1. The standard InChI is InChI=1S/C14H19ClO/c1-10-7-11(9-12(15)8-10)13(16)5-6-14(2,3)4/h7-9H,5-6H2,1-4H3. The van der Waals surface area contributed by atoms with Crippen LogP contribution in [0.3, 0.4) is 0 Å². The summed E-state index contributed by atoms with van der Waals surface area (Å²) in [4.78, 5) is 11.9. The highest BCUT2D eigenvalue weighted by Gasteiger charge is 2.14. The van der Waals surface area contributed by atoms with Gasteiger partial charge in [0.1, 0.15) is 0 Å². The van der Waals surface area contributed by atoms with Crippen molar-refractivity contribution in [1.82, 2.24) is 0 Å². The van der Waals surface area contributed by atoms with Gasteiger partial charge in [0.05, 0.1) is 0 Å². The molecule has 1 rings (SSSR count). The smallest absolute Gasteiger partial charge is 0.162 e. The van der Waals surface area contributed by atoms with E-state index in [0.717, 1.165) is 17.5 Å². The van der Waals surface area contributed by atoms with Crippen molar-refractivity contribution in [3.63, 3.8) is 0 Å². The molecule has 0 aliphatic rings. The van der Waals surface area contributed by atoms with E-state index in [1.807, 2.05) is 19.1 Å². The lowest BCUT2D eigenvalue weighted by atomic mass is 9.88. The Morgan fingerprint density at radius 3 is 2.38 bits per heavy atom. The minimum absolute atomic E-state index is 0.181. The maximum absolute atomic E-state index is 11.9. The van der Waals surface area contributed by atoms with Crippen molar-refractivity contribution >= 4 is 17.4 Å². The summed E-state index contributed by atoms with van der Waals surface area (Å²) in [5.41, 5.74) is 1.96. The quantitative estimate of drug-likeness (QED) is 0.700. The third-order valence-electron chi connectivity index (χ3n) is 2.47. The zero-order valence-electron chi connectivity index (χ0n) is 10.4. The predicted octanol–water partition coefficient (Wildman–Crippen LogP) is 4.66. The Morgan fingerprint density at radius 2 is 1.88 bits per heavy atom. The molecule has 0 atom stereocenters. The minimum atomic E-state index is 0.181. The van der Waals surface area contributed by atoms with Crippen molar-refractivity contribution in [3.8, 4) is 0 Å². The topological polar surface area (TPSA) is 17.1 Å². The van der Waals surface area contributed by atoms with Crippen molar-refractivity contribution in [2.75, 3.05) is 0 Å². The highest BCUT2D eigenvalue weighted by molar-refractivity contribution is 6.31. The number of Topliss-reactive ketones (excluding diaryl/α,β-unsaturated/α-hetero) is 1. The monoisotopic (exact) mass is 238 g/mol. The Morgan fingerprint density at radius 1 is 1.25 bits per heavy atom. The van der Waals surface area contributed by atoms with Crippen LogP contribution in [0.15, 0.2) is 18.2 Å². The lowest BCUT2D eigenvalue weighted by molar-refractivity contribution is 0.0966. The van der Waals surface area contributed by atoms with Gasteiger partial charge in [-0.3, -0.25) is 4.79 Å². The lowest BCUT2D eigenvalue weighted by Crippen LogP contribution is -2.09. The average Bonchev–Trinajstić information content (AvgIpc) is 2.11. The number of carbonyl (C=O) groups is 1. The Bertz CT molecular complexity index is 368. The van der Waals surface area contributed by atoms with Crippen molar-refractivity contribution in [2.45, 2.75) is 40.5 Å². The fraction of sp³-hybridized carbons (Fsp3) is 0.500. The summed E-state index contributed by atoms with van der Waals surface area (Å²) in [6.07, 6.45) is 1.49. The highest BCUT2D eigenvalue weighted by atomic mass is 35.5. The molecule has 1 nitrogen and oxygen atoms in total. The number of ketones is 1. The number of rotatable bonds is 3. The summed E-state index contributed by atoms with van der Waals surface area (Å²) in [7, 11) is 0. The molecule has 0 amide bonds. The fourth-order valence-corrected chi connectivity index (χ4v) is 1.82. The summed E-state index contributed by atoms with van der Waals surface area (Å²) < 4.78 is 0. The normalized spacial score (nSPS) is 11.6. The lowest BCUT2D eigenvalue weighted by Gasteiger charge is -2.17. The second-order valence-electron chi connectivity index (χ2n) is 5.50. The third-order valence-corrected chi connectivity index (χ3v) is 2.68. The van der Waals surface area contributed by atoms with Gasteiger partial charge in [-0.1, -0.05) is 32.4 Å². The van der Waals surface area contributed by atoms with E-state index in [0.29, 0.717) is 11.4 Å². The molecule has 0 radical (unpaired) electrons. The second kappa shape index (κ2) is 5.01. The summed E-state index contributed by atoms with van der Waals surface area (Å²) in [6.45, 7) is 8.38. The molecule has 0 bridgehead atoms. The molecule has 88 valence electrons. The van der Waals surface area contributed by atoms with Crippen LogP contribution in [0.25, 0.3) is 0 Å². The van der Waals surface area contributed by atoms with E-state index in [4.69, 9.17) is 11.6 Å². The maximum atomic E-state index is 11.9. The molecule has 0 aliphatic heterocycles. The largest absolute Gasteiger partial charge is 0.294 e. The molecule has 0 aromatic heterocycles. The van der Waals surface area contributed by atoms with Crippen molar-refractivity contribution in [1.29, 1.82) is 0 Å². The summed E-state index contributed by atoms with van der Waals surface area (Å²) in [6, 6.07) is 5.51. The average molecular weight is 239 g/mol. The van der Waals surface area contributed by atoms with E-state index in [-0.39, 0.29) is 11.2 Å². The summed E-state index contributed by atoms with van der Waals surface area (Å²) in [5.74, 6) is 0.181. The molecule has 0 spiro atoms. The van der Waals surface area contributed by atoms with Gasteiger partial charge in [-0.15, -0.1) is 0 Å². The zero-order valence-corrected chi connectivity index (χ0v) is 11.2. The number of carbonyl (C=O) groups excluding carboxylic acids is 1. The molecule has 0 saturated heterocycles. The van der Waals surface area contributed by atoms with Gasteiger partial charge in [-0.2, -0.15) is 0 Å². The molecule has 0 saturated carbocycles. The van der Waals surface area contributed by atoms with Gasteiger partial charge in [0.15, 0.2) is 5.78 Å².